The van der Waals surface area contributed by atoms with Crippen LogP contribution in [0.4, 0.5) is 0 Å². The Morgan fingerprint density at radius 2 is 2.05 bits per heavy atom. The maximum Gasteiger partial charge on any atom is 0.163 e. The van der Waals surface area contributed by atoms with Crippen molar-refractivity contribution in [2.45, 2.75) is 13.5 Å². The van der Waals surface area contributed by atoms with Gasteiger partial charge in [-0.25, -0.2) is 0 Å². The monoisotopic (exact) mass is 301 g/mol. The van der Waals surface area contributed by atoms with Crippen molar-refractivity contribution >= 4 is 28.2 Å². The van der Waals surface area contributed by atoms with Crippen molar-refractivity contribution in [3.8, 4) is 5.75 Å². The molecule has 1 heterocycles. The van der Waals surface area contributed by atoms with Gasteiger partial charge in [0.1, 0.15) is 5.75 Å². The molecule has 6 heteroatoms. The molecule has 1 saturated heterocycles. The van der Waals surface area contributed by atoms with E-state index in [1.165, 1.54) is 13.0 Å². The molecule has 2 rings (SSSR count). The van der Waals surface area contributed by atoms with Crippen molar-refractivity contribution in [3.05, 3.63) is 28.3 Å². The first-order valence-electron chi connectivity index (χ1n) is 6.07. The van der Waals surface area contributed by atoms with Crippen LogP contribution in [-0.2, 0) is 17.3 Å². The average Bonchev–Trinajstić information content (AvgIpc) is 2.35. The molecule has 0 saturated carbocycles. The van der Waals surface area contributed by atoms with Gasteiger partial charge in [-0.3, -0.25) is 13.9 Å². The van der Waals surface area contributed by atoms with Crippen molar-refractivity contribution in [2.75, 3.05) is 24.6 Å². The number of phenolic OH excluding ortho intramolecular Hbond substituents is 1. The number of aromatic hydroxyl groups is 1. The minimum absolute atomic E-state index is 0.00333. The van der Waals surface area contributed by atoms with E-state index in [9.17, 15) is 14.1 Å². The van der Waals surface area contributed by atoms with Crippen LogP contribution in [0.25, 0.3) is 0 Å². The maximum absolute atomic E-state index is 11.4. The fraction of sp³-hybridized carbons (Fsp3) is 0.462. The highest BCUT2D eigenvalue weighted by Crippen LogP contribution is 2.28. The Morgan fingerprint density at radius 3 is 2.63 bits per heavy atom. The highest BCUT2D eigenvalue weighted by atomic mass is 35.5. The zero-order valence-electron chi connectivity index (χ0n) is 10.7. The zero-order chi connectivity index (χ0) is 14.0. The van der Waals surface area contributed by atoms with E-state index in [-0.39, 0.29) is 17.1 Å². The number of halogens is 1. The quantitative estimate of drug-likeness (QED) is 0.865. The van der Waals surface area contributed by atoms with Crippen LogP contribution >= 0.6 is 11.6 Å². The van der Waals surface area contributed by atoms with Gasteiger partial charge in [0.2, 0.25) is 0 Å². The standard InChI is InChI=1S/C13H16ClNO3S/c1-9(16)12-7-11(14)6-10(13(12)17)8-15-2-4-19(18)5-3-15/h6-7,17H,2-5,8H2,1H3. The minimum Gasteiger partial charge on any atom is -0.507 e. The first-order chi connectivity index (χ1) is 8.97. The normalized spacial score (nSPS) is 17.6. The van der Waals surface area contributed by atoms with Crippen molar-refractivity contribution in [1.82, 2.24) is 4.90 Å². The summed E-state index contributed by atoms with van der Waals surface area (Å²) in [5.74, 6) is 1.10. The fourth-order valence-corrected chi connectivity index (χ4v) is 3.49. The zero-order valence-corrected chi connectivity index (χ0v) is 12.3. The Labute approximate surface area is 119 Å². The number of rotatable bonds is 3. The van der Waals surface area contributed by atoms with Gasteiger partial charge in [-0.2, -0.15) is 0 Å². The second kappa shape index (κ2) is 6.03. The van der Waals surface area contributed by atoms with E-state index in [1.807, 2.05) is 0 Å². The lowest BCUT2D eigenvalue weighted by Gasteiger charge is -2.26. The van der Waals surface area contributed by atoms with Gasteiger partial charge in [0.15, 0.2) is 5.78 Å². The van der Waals surface area contributed by atoms with Gasteiger partial charge in [-0.05, 0) is 19.1 Å². The Morgan fingerprint density at radius 1 is 1.42 bits per heavy atom. The van der Waals surface area contributed by atoms with Crippen LogP contribution in [-0.4, -0.2) is 44.6 Å². The molecular weight excluding hydrogens is 286 g/mol. The summed E-state index contributed by atoms with van der Waals surface area (Å²) in [5.41, 5.74) is 0.897. The molecule has 0 atom stereocenters. The van der Waals surface area contributed by atoms with Gasteiger partial charge in [0.05, 0.1) is 5.56 Å². The van der Waals surface area contributed by atoms with E-state index in [0.717, 1.165) is 13.1 Å². The van der Waals surface area contributed by atoms with Crippen molar-refractivity contribution < 1.29 is 14.1 Å². The molecule has 1 aromatic carbocycles. The van der Waals surface area contributed by atoms with Crippen LogP contribution in [0.5, 0.6) is 5.75 Å². The molecule has 0 radical (unpaired) electrons. The number of hydrogen-bond donors (Lipinski definition) is 1. The first-order valence-corrected chi connectivity index (χ1v) is 7.93. The van der Waals surface area contributed by atoms with Crippen LogP contribution in [0.1, 0.15) is 22.8 Å². The average molecular weight is 302 g/mol. The molecule has 4 nitrogen and oxygen atoms in total. The molecule has 0 aromatic heterocycles. The lowest BCUT2D eigenvalue weighted by atomic mass is 10.1. The van der Waals surface area contributed by atoms with Crippen LogP contribution in [0.3, 0.4) is 0 Å². The van der Waals surface area contributed by atoms with Crippen molar-refractivity contribution in [3.63, 3.8) is 0 Å². The SMILES string of the molecule is CC(=O)c1cc(Cl)cc(CN2CCS(=O)CC2)c1O. The van der Waals surface area contributed by atoms with E-state index in [2.05, 4.69) is 4.90 Å². The molecule has 1 N–H and O–H groups in total. The van der Waals surface area contributed by atoms with Gasteiger partial charge < -0.3 is 5.11 Å². The Balaban J connectivity index is 2.20. The number of benzene rings is 1. The molecule has 0 unspecified atom stereocenters. The number of nitrogens with zero attached hydrogens (tertiary/aromatic N) is 1. The summed E-state index contributed by atoms with van der Waals surface area (Å²) in [5, 5.41) is 10.5. The predicted octanol–water partition coefficient (Wildman–Crippen LogP) is 1.81. The summed E-state index contributed by atoms with van der Waals surface area (Å²) in [6, 6.07) is 3.16. The third kappa shape index (κ3) is 3.55. The summed E-state index contributed by atoms with van der Waals surface area (Å²) in [6.45, 7) is 3.38. The molecule has 1 fully saturated rings. The number of carbonyl (C=O) groups is 1. The Kier molecular flexibility index (Phi) is 4.60. The molecule has 0 spiro atoms. The van der Waals surface area contributed by atoms with Gasteiger partial charge >= 0.3 is 0 Å². The highest BCUT2D eigenvalue weighted by Gasteiger charge is 2.19. The summed E-state index contributed by atoms with van der Waals surface area (Å²) in [6.07, 6.45) is 0. The third-order valence-electron chi connectivity index (χ3n) is 3.20. The molecule has 1 aliphatic rings. The first kappa shape index (κ1) is 14.5. The lowest BCUT2D eigenvalue weighted by Crippen LogP contribution is -2.37. The second-order valence-electron chi connectivity index (χ2n) is 4.64. The molecule has 1 aromatic rings. The Bertz CT molecular complexity index is 523. The topological polar surface area (TPSA) is 57.6 Å². The minimum atomic E-state index is -0.725. The van der Waals surface area contributed by atoms with Crippen LogP contribution in [0, 0.1) is 0 Å². The fourth-order valence-electron chi connectivity index (χ4n) is 2.12. The number of carbonyl (C=O) groups excluding carboxylic acids is 1. The second-order valence-corrected chi connectivity index (χ2v) is 6.77. The van der Waals surface area contributed by atoms with E-state index in [0.29, 0.717) is 28.6 Å². The summed E-state index contributed by atoms with van der Waals surface area (Å²) >= 11 is 5.98. The summed E-state index contributed by atoms with van der Waals surface area (Å²) in [7, 11) is -0.725. The molecule has 1 aliphatic heterocycles. The van der Waals surface area contributed by atoms with E-state index in [1.54, 1.807) is 6.07 Å². The van der Waals surface area contributed by atoms with Crippen LogP contribution in [0.15, 0.2) is 12.1 Å². The maximum atomic E-state index is 11.4. The van der Waals surface area contributed by atoms with E-state index in [4.69, 9.17) is 11.6 Å². The lowest BCUT2D eigenvalue weighted by molar-refractivity contribution is 0.101. The number of hydrogen-bond acceptors (Lipinski definition) is 4. The largest absolute Gasteiger partial charge is 0.507 e. The van der Waals surface area contributed by atoms with E-state index >= 15 is 0 Å². The molecular formula is C13H16ClNO3S. The molecule has 104 valence electrons. The molecule has 19 heavy (non-hydrogen) atoms. The smallest absolute Gasteiger partial charge is 0.163 e. The molecule has 0 aliphatic carbocycles. The van der Waals surface area contributed by atoms with Gasteiger partial charge in [-0.1, -0.05) is 11.6 Å². The van der Waals surface area contributed by atoms with Crippen molar-refractivity contribution in [1.29, 1.82) is 0 Å². The molecule has 0 amide bonds. The predicted molar refractivity (Wildman–Crippen MR) is 76.3 cm³/mol. The van der Waals surface area contributed by atoms with Crippen molar-refractivity contribution in [2.24, 2.45) is 0 Å². The molecule has 0 bridgehead atoms. The number of phenols is 1. The summed E-state index contributed by atoms with van der Waals surface area (Å²) in [4.78, 5) is 13.5. The number of Topliss-reactive ketones (excluding diaryl/α,β-unsaturated/α-hetero) is 1. The third-order valence-corrected chi connectivity index (χ3v) is 4.69. The highest BCUT2D eigenvalue weighted by molar-refractivity contribution is 7.85. The van der Waals surface area contributed by atoms with E-state index < -0.39 is 10.8 Å². The summed E-state index contributed by atoms with van der Waals surface area (Å²) < 4.78 is 11.3. The number of ketones is 1. The Hall–Kier alpha value is -0.910. The van der Waals surface area contributed by atoms with Gasteiger partial charge in [0.25, 0.3) is 0 Å². The van der Waals surface area contributed by atoms with Gasteiger partial charge in [0, 0.05) is 52.5 Å². The van der Waals surface area contributed by atoms with Crippen LogP contribution in [0.2, 0.25) is 5.02 Å². The van der Waals surface area contributed by atoms with Crippen LogP contribution < -0.4 is 0 Å². The van der Waals surface area contributed by atoms with Gasteiger partial charge in [-0.15, -0.1) is 0 Å².